The molecule has 2 aliphatic rings. The predicted octanol–water partition coefficient (Wildman–Crippen LogP) is 3.24. The van der Waals surface area contributed by atoms with Crippen LogP contribution in [0, 0.1) is 0 Å². The van der Waals surface area contributed by atoms with Gasteiger partial charge in [0.2, 0.25) is 0 Å². The first-order valence-corrected chi connectivity index (χ1v) is 8.43. The zero-order chi connectivity index (χ0) is 14.5. The molecule has 3 atom stereocenters. The summed E-state index contributed by atoms with van der Waals surface area (Å²) in [7, 11) is 0. The third-order valence-corrected chi connectivity index (χ3v) is 4.64. The van der Waals surface area contributed by atoms with Crippen LogP contribution in [0.3, 0.4) is 0 Å². The lowest BCUT2D eigenvalue weighted by atomic mass is 9.97. The van der Waals surface area contributed by atoms with E-state index in [0.717, 1.165) is 39.0 Å². The summed E-state index contributed by atoms with van der Waals surface area (Å²) in [5, 5.41) is 3.64. The van der Waals surface area contributed by atoms with E-state index in [1.54, 1.807) is 0 Å². The van der Waals surface area contributed by atoms with Crippen LogP contribution in [-0.4, -0.2) is 32.0 Å². The molecule has 3 unspecified atom stereocenters. The van der Waals surface area contributed by atoms with Crippen molar-refractivity contribution in [3.63, 3.8) is 0 Å². The van der Waals surface area contributed by atoms with Gasteiger partial charge in [0.15, 0.2) is 0 Å². The molecule has 0 amide bonds. The summed E-state index contributed by atoms with van der Waals surface area (Å²) in [6.45, 7) is 4.79. The van der Waals surface area contributed by atoms with Gasteiger partial charge in [-0.2, -0.15) is 0 Å². The summed E-state index contributed by atoms with van der Waals surface area (Å²) in [5.41, 5.74) is 2.90. The molecule has 1 heterocycles. The number of hydrogen-bond donors (Lipinski definition) is 1. The highest BCUT2D eigenvalue weighted by Crippen LogP contribution is 2.31. The zero-order valence-corrected chi connectivity index (χ0v) is 13.0. The van der Waals surface area contributed by atoms with Crippen LogP contribution in [0.25, 0.3) is 0 Å². The van der Waals surface area contributed by atoms with Gasteiger partial charge in [-0.25, -0.2) is 0 Å². The minimum atomic E-state index is 0.262. The lowest BCUT2D eigenvalue weighted by Crippen LogP contribution is -2.35. The molecule has 1 fully saturated rings. The molecule has 0 radical (unpaired) electrons. The molecule has 116 valence electrons. The summed E-state index contributed by atoms with van der Waals surface area (Å²) in [6, 6.07) is 9.13. The Morgan fingerprint density at radius 1 is 1.24 bits per heavy atom. The van der Waals surface area contributed by atoms with Gasteiger partial charge < -0.3 is 14.8 Å². The highest BCUT2D eigenvalue weighted by molar-refractivity contribution is 5.32. The maximum absolute atomic E-state index is 6.28. The Balaban J connectivity index is 1.71. The second-order valence-corrected chi connectivity index (χ2v) is 6.13. The number of nitrogens with one attached hydrogen (secondary N) is 1. The number of fused-ring (bicyclic) bond motifs is 1. The maximum Gasteiger partial charge on any atom is 0.0809 e. The molecular weight excluding hydrogens is 262 g/mol. The molecule has 0 saturated carbocycles. The molecule has 1 aromatic rings. The van der Waals surface area contributed by atoms with Gasteiger partial charge in [0.1, 0.15) is 0 Å². The van der Waals surface area contributed by atoms with E-state index >= 15 is 0 Å². The van der Waals surface area contributed by atoms with Crippen molar-refractivity contribution < 1.29 is 9.47 Å². The first-order chi connectivity index (χ1) is 10.4. The molecule has 3 rings (SSSR count). The van der Waals surface area contributed by atoms with Gasteiger partial charge in [0, 0.05) is 6.61 Å². The lowest BCUT2D eigenvalue weighted by molar-refractivity contribution is -0.0367. The molecule has 1 saturated heterocycles. The fraction of sp³-hybridized carbons (Fsp3) is 0.667. The molecular formula is C18H27NO2. The summed E-state index contributed by atoms with van der Waals surface area (Å²) >= 11 is 0. The highest BCUT2D eigenvalue weighted by atomic mass is 16.5. The van der Waals surface area contributed by atoms with Gasteiger partial charge >= 0.3 is 0 Å². The first kappa shape index (κ1) is 15.0. The Morgan fingerprint density at radius 3 is 2.95 bits per heavy atom. The third-order valence-electron chi connectivity index (χ3n) is 4.64. The number of rotatable bonds is 5. The molecule has 1 aromatic carbocycles. The van der Waals surface area contributed by atoms with E-state index in [2.05, 4.69) is 36.5 Å². The SMILES string of the molecule is CCNC1c2ccccc2CCCC1OCC1CCCO1. The highest BCUT2D eigenvalue weighted by Gasteiger charge is 2.29. The number of benzene rings is 1. The standard InChI is InChI=1S/C18H27NO2/c1-2-19-18-16-10-4-3-7-14(16)8-5-11-17(18)21-13-15-9-6-12-20-15/h3-4,7,10,15,17-19H,2,5-6,8-9,11-13H2,1H3. The van der Waals surface area contributed by atoms with Crippen molar-refractivity contribution in [2.75, 3.05) is 19.8 Å². The van der Waals surface area contributed by atoms with Gasteiger partial charge in [-0.3, -0.25) is 0 Å². The predicted molar refractivity (Wildman–Crippen MR) is 84.5 cm³/mol. The average molecular weight is 289 g/mol. The molecule has 0 aromatic heterocycles. The molecule has 0 bridgehead atoms. The van der Waals surface area contributed by atoms with Crippen molar-refractivity contribution in [2.45, 2.75) is 57.3 Å². The van der Waals surface area contributed by atoms with Crippen molar-refractivity contribution in [1.29, 1.82) is 0 Å². The zero-order valence-electron chi connectivity index (χ0n) is 13.0. The van der Waals surface area contributed by atoms with Gasteiger partial charge in [0.25, 0.3) is 0 Å². The van der Waals surface area contributed by atoms with Crippen LogP contribution >= 0.6 is 0 Å². The van der Waals surface area contributed by atoms with E-state index in [-0.39, 0.29) is 6.10 Å². The van der Waals surface area contributed by atoms with E-state index in [9.17, 15) is 0 Å². The largest absolute Gasteiger partial charge is 0.376 e. The topological polar surface area (TPSA) is 30.5 Å². The normalized spacial score (nSPS) is 29.1. The quantitative estimate of drug-likeness (QED) is 0.844. The minimum absolute atomic E-state index is 0.262. The fourth-order valence-electron chi connectivity index (χ4n) is 3.57. The van der Waals surface area contributed by atoms with E-state index in [1.165, 1.54) is 24.0 Å². The molecule has 1 N–H and O–H groups in total. The Kier molecular flexibility index (Phi) is 5.28. The van der Waals surface area contributed by atoms with Crippen molar-refractivity contribution in [2.24, 2.45) is 0 Å². The summed E-state index contributed by atoms with van der Waals surface area (Å²) in [4.78, 5) is 0. The average Bonchev–Trinajstić information content (AvgIpc) is 2.96. The lowest BCUT2D eigenvalue weighted by Gasteiger charge is -2.28. The van der Waals surface area contributed by atoms with Gasteiger partial charge in [-0.05, 0) is 49.8 Å². The first-order valence-electron chi connectivity index (χ1n) is 8.43. The van der Waals surface area contributed by atoms with Crippen LogP contribution < -0.4 is 5.32 Å². The van der Waals surface area contributed by atoms with Gasteiger partial charge in [0.05, 0.1) is 24.9 Å². The van der Waals surface area contributed by atoms with E-state index in [0.29, 0.717) is 12.1 Å². The van der Waals surface area contributed by atoms with Crippen LogP contribution in [0.4, 0.5) is 0 Å². The second kappa shape index (κ2) is 7.39. The Bertz CT molecular complexity index is 443. The fourth-order valence-corrected chi connectivity index (χ4v) is 3.57. The summed E-state index contributed by atoms with van der Waals surface area (Å²) in [6.07, 6.45) is 6.39. The Labute approximate surface area is 128 Å². The molecule has 1 aliphatic heterocycles. The van der Waals surface area contributed by atoms with E-state index < -0.39 is 0 Å². The van der Waals surface area contributed by atoms with Crippen molar-refractivity contribution in [1.82, 2.24) is 5.32 Å². The van der Waals surface area contributed by atoms with Gasteiger partial charge in [-0.15, -0.1) is 0 Å². The Morgan fingerprint density at radius 2 is 2.14 bits per heavy atom. The van der Waals surface area contributed by atoms with Crippen LogP contribution in [-0.2, 0) is 15.9 Å². The molecule has 3 heteroatoms. The van der Waals surface area contributed by atoms with Crippen LogP contribution in [0.1, 0.15) is 49.8 Å². The van der Waals surface area contributed by atoms with Crippen molar-refractivity contribution in [3.8, 4) is 0 Å². The monoisotopic (exact) mass is 289 g/mol. The molecule has 21 heavy (non-hydrogen) atoms. The van der Waals surface area contributed by atoms with Crippen LogP contribution in [0.15, 0.2) is 24.3 Å². The number of ether oxygens (including phenoxy) is 2. The van der Waals surface area contributed by atoms with Crippen molar-refractivity contribution >= 4 is 0 Å². The van der Waals surface area contributed by atoms with Crippen molar-refractivity contribution in [3.05, 3.63) is 35.4 Å². The maximum atomic E-state index is 6.28. The van der Waals surface area contributed by atoms with Crippen LogP contribution in [0.2, 0.25) is 0 Å². The molecule has 0 spiro atoms. The summed E-state index contributed by atoms with van der Waals surface area (Å²) in [5.74, 6) is 0. The minimum Gasteiger partial charge on any atom is -0.376 e. The molecule has 3 nitrogen and oxygen atoms in total. The Hall–Kier alpha value is -0.900. The second-order valence-electron chi connectivity index (χ2n) is 6.13. The number of aryl methyl sites for hydroxylation is 1. The van der Waals surface area contributed by atoms with E-state index in [4.69, 9.17) is 9.47 Å². The smallest absolute Gasteiger partial charge is 0.0809 e. The van der Waals surface area contributed by atoms with Crippen LogP contribution in [0.5, 0.6) is 0 Å². The summed E-state index contributed by atoms with van der Waals surface area (Å²) < 4.78 is 12.0. The van der Waals surface area contributed by atoms with Gasteiger partial charge in [-0.1, -0.05) is 31.2 Å². The third kappa shape index (κ3) is 3.65. The van der Waals surface area contributed by atoms with E-state index in [1.807, 2.05) is 0 Å². The molecule has 1 aliphatic carbocycles. The number of hydrogen-bond acceptors (Lipinski definition) is 3. The number of likely N-dealkylation sites (N-methyl/N-ethyl adjacent to an activating group) is 1.